The molecule has 2 heterocycles. The first kappa shape index (κ1) is 11.4. The first-order valence-corrected chi connectivity index (χ1v) is 5.50. The summed E-state index contributed by atoms with van der Waals surface area (Å²) in [5, 5.41) is 18.5. The van der Waals surface area contributed by atoms with Crippen LogP contribution in [0.25, 0.3) is 0 Å². The molecule has 3 atom stereocenters. The molecular formula is C8H11N3O4S. The Morgan fingerprint density at radius 3 is 3.00 bits per heavy atom. The maximum Gasteiger partial charge on any atom is 0.351 e. The van der Waals surface area contributed by atoms with E-state index in [1.807, 2.05) is 0 Å². The lowest BCUT2D eigenvalue weighted by Gasteiger charge is -2.15. The van der Waals surface area contributed by atoms with Gasteiger partial charge in [0.15, 0.2) is 6.23 Å². The molecule has 88 valence electrons. The Morgan fingerprint density at radius 1 is 1.69 bits per heavy atom. The molecule has 0 saturated carbocycles. The lowest BCUT2D eigenvalue weighted by Crippen LogP contribution is -2.31. The largest absolute Gasteiger partial charge is 0.393 e. The number of hydrogen-bond donors (Lipinski definition) is 3. The number of rotatable bonds is 2. The predicted molar refractivity (Wildman–Crippen MR) is 57.5 cm³/mol. The fourth-order valence-corrected chi connectivity index (χ4v) is 2.29. The maximum atomic E-state index is 11.5. The molecule has 0 amide bonds. The first-order valence-electron chi connectivity index (χ1n) is 4.56. The van der Waals surface area contributed by atoms with Gasteiger partial charge in [-0.3, -0.25) is 4.57 Å². The zero-order chi connectivity index (χ0) is 11.7. The minimum Gasteiger partial charge on any atom is -0.393 e. The van der Waals surface area contributed by atoms with Crippen molar-refractivity contribution >= 4 is 17.6 Å². The molecule has 8 heteroatoms. The van der Waals surface area contributed by atoms with E-state index in [-0.39, 0.29) is 12.4 Å². The lowest BCUT2D eigenvalue weighted by molar-refractivity contribution is -0.0524. The molecule has 1 aliphatic heterocycles. The normalized spacial score (nSPS) is 29.5. The average Bonchev–Trinajstić information content (AvgIpc) is 2.60. The number of aliphatic hydroxyl groups excluding tert-OH is 2. The Morgan fingerprint density at radius 2 is 2.44 bits per heavy atom. The number of anilines is 1. The van der Waals surface area contributed by atoms with Gasteiger partial charge in [0.2, 0.25) is 0 Å². The van der Waals surface area contributed by atoms with Crippen LogP contribution < -0.4 is 11.4 Å². The second-order valence-corrected chi connectivity index (χ2v) is 4.49. The highest BCUT2D eigenvalue weighted by Crippen LogP contribution is 2.36. The van der Waals surface area contributed by atoms with Gasteiger partial charge in [0.1, 0.15) is 16.7 Å². The number of nitrogens with two attached hydrogens (primary N) is 1. The Bertz CT molecular complexity index is 438. The van der Waals surface area contributed by atoms with Crippen LogP contribution in [0.1, 0.15) is 6.23 Å². The summed E-state index contributed by atoms with van der Waals surface area (Å²) in [7, 11) is 0. The van der Waals surface area contributed by atoms with E-state index in [0.29, 0.717) is 0 Å². The molecule has 1 aromatic rings. The third kappa shape index (κ3) is 2.05. The second-order valence-electron chi connectivity index (χ2n) is 3.21. The molecule has 1 saturated heterocycles. The molecular weight excluding hydrogens is 234 g/mol. The smallest absolute Gasteiger partial charge is 0.351 e. The van der Waals surface area contributed by atoms with Crippen molar-refractivity contribution in [3.63, 3.8) is 0 Å². The van der Waals surface area contributed by atoms with E-state index in [9.17, 15) is 9.90 Å². The molecule has 4 N–H and O–H groups in total. The molecule has 0 bridgehead atoms. The number of nitrogens with zero attached hydrogens (tertiary/aromatic N) is 2. The van der Waals surface area contributed by atoms with Crippen LogP contribution in [0.4, 0.5) is 5.82 Å². The number of hydrogen-bond acceptors (Lipinski definition) is 7. The third-order valence-electron chi connectivity index (χ3n) is 2.10. The fraction of sp³-hybridized carbons (Fsp3) is 0.500. The SMILES string of the molecule is Nc1ccn([C@H]2O[C@@H](CO)SC2O)c(=O)n1. The molecule has 2 rings (SSSR count). The molecule has 1 aliphatic rings. The van der Waals surface area contributed by atoms with Crippen LogP contribution in [-0.4, -0.2) is 37.2 Å². The van der Waals surface area contributed by atoms with Crippen molar-refractivity contribution in [2.75, 3.05) is 12.3 Å². The van der Waals surface area contributed by atoms with E-state index < -0.39 is 22.8 Å². The Kier molecular flexibility index (Phi) is 3.15. The molecule has 16 heavy (non-hydrogen) atoms. The van der Waals surface area contributed by atoms with Gasteiger partial charge in [-0.1, -0.05) is 11.8 Å². The van der Waals surface area contributed by atoms with Crippen LogP contribution >= 0.6 is 11.8 Å². The molecule has 7 nitrogen and oxygen atoms in total. The summed E-state index contributed by atoms with van der Waals surface area (Å²) in [5.74, 6) is 0.111. The summed E-state index contributed by atoms with van der Waals surface area (Å²) < 4.78 is 6.42. The van der Waals surface area contributed by atoms with Crippen molar-refractivity contribution in [2.45, 2.75) is 17.1 Å². The number of thioether (sulfide) groups is 1. The average molecular weight is 245 g/mol. The van der Waals surface area contributed by atoms with E-state index in [1.165, 1.54) is 12.3 Å². The standard InChI is InChI=1S/C8H11N3O4S/c9-4-1-2-11(8(14)10-4)6-7(13)16-5(3-12)15-6/h1-2,5-7,12-13H,3H2,(H2,9,10,14)/t5-,6+,7?/m1/s1. The zero-order valence-electron chi connectivity index (χ0n) is 8.18. The van der Waals surface area contributed by atoms with Crippen molar-refractivity contribution in [3.8, 4) is 0 Å². The van der Waals surface area contributed by atoms with Gasteiger partial charge in [-0.05, 0) is 6.07 Å². The van der Waals surface area contributed by atoms with Gasteiger partial charge in [-0.15, -0.1) is 0 Å². The summed E-state index contributed by atoms with van der Waals surface area (Å²) in [4.78, 5) is 15.0. The van der Waals surface area contributed by atoms with E-state index >= 15 is 0 Å². The van der Waals surface area contributed by atoms with Gasteiger partial charge in [0, 0.05) is 6.20 Å². The summed E-state index contributed by atoms with van der Waals surface area (Å²) in [6.45, 7) is -0.227. The van der Waals surface area contributed by atoms with Crippen LogP contribution in [0, 0.1) is 0 Å². The van der Waals surface area contributed by atoms with Crippen molar-refractivity contribution in [3.05, 3.63) is 22.7 Å². The summed E-state index contributed by atoms with van der Waals surface area (Å²) in [6, 6.07) is 1.44. The van der Waals surface area contributed by atoms with Gasteiger partial charge < -0.3 is 20.7 Å². The van der Waals surface area contributed by atoms with Crippen molar-refractivity contribution in [2.24, 2.45) is 0 Å². The Labute approximate surface area is 94.9 Å². The second kappa shape index (κ2) is 4.42. The van der Waals surface area contributed by atoms with Gasteiger partial charge in [0.05, 0.1) is 6.61 Å². The highest BCUT2D eigenvalue weighted by Gasteiger charge is 2.36. The fourth-order valence-electron chi connectivity index (χ4n) is 1.39. The van der Waals surface area contributed by atoms with E-state index in [2.05, 4.69) is 4.98 Å². The van der Waals surface area contributed by atoms with E-state index in [1.54, 1.807) is 0 Å². The minimum absolute atomic E-state index is 0.111. The van der Waals surface area contributed by atoms with E-state index in [4.69, 9.17) is 15.6 Å². The van der Waals surface area contributed by atoms with Gasteiger partial charge >= 0.3 is 5.69 Å². The van der Waals surface area contributed by atoms with Crippen LogP contribution in [0.3, 0.4) is 0 Å². The zero-order valence-corrected chi connectivity index (χ0v) is 9.00. The van der Waals surface area contributed by atoms with E-state index in [0.717, 1.165) is 16.3 Å². The highest BCUT2D eigenvalue weighted by atomic mass is 32.2. The lowest BCUT2D eigenvalue weighted by atomic mass is 10.5. The molecule has 0 aliphatic carbocycles. The third-order valence-corrected chi connectivity index (χ3v) is 3.18. The summed E-state index contributed by atoms with van der Waals surface area (Å²) in [6.07, 6.45) is 0.557. The van der Waals surface area contributed by atoms with Crippen LogP contribution in [0.2, 0.25) is 0 Å². The maximum absolute atomic E-state index is 11.5. The molecule has 0 spiro atoms. The molecule has 1 aromatic heterocycles. The molecule has 0 radical (unpaired) electrons. The Balaban J connectivity index is 2.28. The number of aliphatic hydroxyl groups is 2. The van der Waals surface area contributed by atoms with Crippen molar-refractivity contribution < 1.29 is 14.9 Å². The monoisotopic (exact) mass is 245 g/mol. The number of ether oxygens (including phenoxy) is 1. The number of aromatic nitrogens is 2. The van der Waals surface area contributed by atoms with Crippen LogP contribution in [0.15, 0.2) is 17.1 Å². The van der Waals surface area contributed by atoms with Crippen molar-refractivity contribution in [1.82, 2.24) is 9.55 Å². The minimum atomic E-state index is -0.916. The molecule has 1 fully saturated rings. The van der Waals surface area contributed by atoms with Crippen LogP contribution in [0.5, 0.6) is 0 Å². The summed E-state index contributed by atoms with van der Waals surface area (Å²) in [5.41, 5.74) is 3.29. The topological polar surface area (TPSA) is 111 Å². The first-order chi connectivity index (χ1) is 7.61. The van der Waals surface area contributed by atoms with Crippen LogP contribution in [-0.2, 0) is 4.74 Å². The quantitative estimate of drug-likeness (QED) is 0.595. The van der Waals surface area contributed by atoms with Gasteiger partial charge in [-0.25, -0.2) is 4.79 Å². The van der Waals surface area contributed by atoms with Gasteiger partial charge in [-0.2, -0.15) is 4.98 Å². The highest BCUT2D eigenvalue weighted by molar-refractivity contribution is 8.00. The molecule has 0 aromatic carbocycles. The van der Waals surface area contributed by atoms with Gasteiger partial charge in [0.25, 0.3) is 0 Å². The molecule has 1 unspecified atom stereocenters. The summed E-state index contributed by atoms with van der Waals surface area (Å²) >= 11 is 1.05. The van der Waals surface area contributed by atoms with Crippen molar-refractivity contribution in [1.29, 1.82) is 0 Å². The predicted octanol–water partition coefficient (Wildman–Crippen LogP) is -1.28. The Hall–Kier alpha value is -1.09. The number of nitrogen functional groups attached to an aromatic ring is 1.